The fourth-order valence-electron chi connectivity index (χ4n) is 3.10. The minimum atomic E-state index is -0.355. The molecule has 0 aliphatic rings. The monoisotopic (exact) mass is 407 g/mol. The van der Waals surface area contributed by atoms with Crippen molar-refractivity contribution in [3.05, 3.63) is 59.9 Å². The van der Waals surface area contributed by atoms with Crippen LogP contribution in [0.4, 0.5) is 0 Å². The molecule has 29 heavy (non-hydrogen) atoms. The van der Waals surface area contributed by atoms with Crippen molar-refractivity contribution in [2.24, 2.45) is 0 Å². The molecule has 2 aromatic carbocycles. The van der Waals surface area contributed by atoms with E-state index in [0.717, 1.165) is 27.9 Å². The van der Waals surface area contributed by atoms with E-state index in [1.54, 1.807) is 11.6 Å². The van der Waals surface area contributed by atoms with Crippen LogP contribution in [0.25, 0.3) is 16.6 Å². The standard InChI is InChI=1S/C21H21N5O2S/c1-13(20(27)22-12-15-8-4-7-11-18(15)28-3)29-21-24-17-10-6-5-9-16(17)19-23-14(2)25-26(19)21/h4-11,13H,12H2,1-3H3,(H,22,27). The maximum atomic E-state index is 12.7. The third kappa shape index (κ3) is 3.88. The number of nitrogens with zero attached hydrogens (tertiary/aromatic N) is 4. The highest BCUT2D eigenvalue weighted by atomic mass is 32.2. The van der Waals surface area contributed by atoms with E-state index in [-0.39, 0.29) is 11.2 Å². The van der Waals surface area contributed by atoms with Crippen LogP contribution in [-0.4, -0.2) is 37.8 Å². The fourth-order valence-corrected chi connectivity index (χ4v) is 3.98. The van der Waals surface area contributed by atoms with Gasteiger partial charge in [-0.05, 0) is 32.0 Å². The van der Waals surface area contributed by atoms with Crippen molar-refractivity contribution in [2.45, 2.75) is 30.8 Å². The summed E-state index contributed by atoms with van der Waals surface area (Å²) in [6.45, 7) is 4.10. The predicted molar refractivity (Wildman–Crippen MR) is 113 cm³/mol. The van der Waals surface area contributed by atoms with Crippen molar-refractivity contribution in [3.63, 3.8) is 0 Å². The third-order valence-corrected chi connectivity index (χ3v) is 5.59. The van der Waals surface area contributed by atoms with Crippen molar-refractivity contribution < 1.29 is 9.53 Å². The van der Waals surface area contributed by atoms with Gasteiger partial charge in [-0.2, -0.15) is 4.52 Å². The number of amides is 1. The number of aromatic nitrogens is 4. The molecule has 0 aliphatic heterocycles. The van der Waals surface area contributed by atoms with E-state index in [2.05, 4.69) is 15.4 Å². The molecule has 4 rings (SSSR count). The Kier molecular flexibility index (Phi) is 5.35. The Morgan fingerprint density at radius 3 is 2.76 bits per heavy atom. The summed E-state index contributed by atoms with van der Waals surface area (Å²) in [7, 11) is 1.62. The van der Waals surface area contributed by atoms with Gasteiger partial charge in [-0.25, -0.2) is 9.97 Å². The van der Waals surface area contributed by atoms with Crippen LogP contribution in [0.1, 0.15) is 18.3 Å². The van der Waals surface area contributed by atoms with Crippen molar-refractivity contribution in [3.8, 4) is 5.75 Å². The summed E-state index contributed by atoms with van der Waals surface area (Å²) in [4.78, 5) is 21.9. The predicted octanol–water partition coefficient (Wildman–Crippen LogP) is 3.39. The number of benzene rings is 2. The van der Waals surface area contributed by atoms with Crippen molar-refractivity contribution >= 4 is 34.2 Å². The summed E-state index contributed by atoms with van der Waals surface area (Å²) in [6, 6.07) is 15.4. The van der Waals surface area contributed by atoms with Gasteiger partial charge in [-0.1, -0.05) is 42.1 Å². The van der Waals surface area contributed by atoms with E-state index in [1.165, 1.54) is 11.8 Å². The molecular weight excluding hydrogens is 386 g/mol. The van der Waals surface area contributed by atoms with Crippen LogP contribution in [0.3, 0.4) is 0 Å². The van der Waals surface area contributed by atoms with Gasteiger partial charge in [0.2, 0.25) is 5.91 Å². The Bertz CT molecular complexity index is 1190. The topological polar surface area (TPSA) is 81.4 Å². The summed E-state index contributed by atoms with van der Waals surface area (Å²) >= 11 is 1.36. The van der Waals surface area contributed by atoms with E-state index in [1.807, 2.05) is 62.4 Å². The van der Waals surface area contributed by atoms with Crippen LogP contribution >= 0.6 is 11.8 Å². The third-order valence-electron chi connectivity index (χ3n) is 4.55. The van der Waals surface area contributed by atoms with E-state index < -0.39 is 0 Å². The van der Waals surface area contributed by atoms with Gasteiger partial charge in [-0.15, -0.1) is 5.10 Å². The number of ether oxygens (including phenoxy) is 1. The lowest BCUT2D eigenvalue weighted by Gasteiger charge is -2.14. The normalized spacial score (nSPS) is 12.2. The van der Waals surface area contributed by atoms with Gasteiger partial charge in [-0.3, -0.25) is 4.79 Å². The summed E-state index contributed by atoms with van der Waals surface area (Å²) < 4.78 is 7.05. The van der Waals surface area contributed by atoms with Crippen LogP contribution < -0.4 is 10.1 Å². The van der Waals surface area contributed by atoms with Crippen molar-refractivity contribution in [1.29, 1.82) is 0 Å². The van der Waals surface area contributed by atoms with Crippen LogP contribution in [-0.2, 0) is 11.3 Å². The van der Waals surface area contributed by atoms with E-state index in [0.29, 0.717) is 17.5 Å². The van der Waals surface area contributed by atoms with Crippen molar-refractivity contribution in [2.75, 3.05) is 7.11 Å². The first-order valence-electron chi connectivity index (χ1n) is 9.25. The SMILES string of the molecule is COc1ccccc1CNC(=O)C(C)Sc1nc2ccccc2c2nc(C)nn12. The number of methoxy groups -OCH3 is 1. The molecule has 1 atom stereocenters. The first-order valence-corrected chi connectivity index (χ1v) is 10.1. The van der Waals surface area contributed by atoms with Gasteiger partial charge in [0.05, 0.1) is 17.9 Å². The zero-order chi connectivity index (χ0) is 20.4. The molecule has 1 unspecified atom stereocenters. The van der Waals surface area contributed by atoms with Gasteiger partial charge >= 0.3 is 0 Å². The van der Waals surface area contributed by atoms with E-state index in [9.17, 15) is 4.79 Å². The van der Waals surface area contributed by atoms with Crippen molar-refractivity contribution in [1.82, 2.24) is 24.9 Å². The lowest BCUT2D eigenvalue weighted by molar-refractivity contribution is -0.120. The maximum Gasteiger partial charge on any atom is 0.233 e. The number of aryl methyl sites for hydroxylation is 1. The smallest absolute Gasteiger partial charge is 0.233 e. The Labute approximate surface area is 172 Å². The van der Waals surface area contributed by atoms with Gasteiger partial charge in [0.1, 0.15) is 11.6 Å². The maximum absolute atomic E-state index is 12.7. The number of carbonyl (C=O) groups is 1. The second-order valence-corrected chi connectivity index (χ2v) is 7.90. The number of hydrogen-bond donors (Lipinski definition) is 1. The van der Waals surface area contributed by atoms with Crippen LogP contribution in [0, 0.1) is 6.92 Å². The molecule has 0 spiro atoms. The highest BCUT2D eigenvalue weighted by Gasteiger charge is 2.19. The fraction of sp³-hybridized carbons (Fsp3) is 0.238. The first kappa shape index (κ1) is 19.2. The second kappa shape index (κ2) is 8.08. The average molecular weight is 407 g/mol. The molecule has 4 aromatic rings. The number of fused-ring (bicyclic) bond motifs is 3. The van der Waals surface area contributed by atoms with Gasteiger partial charge < -0.3 is 10.1 Å². The second-order valence-electron chi connectivity index (χ2n) is 6.60. The number of nitrogens with one attached hydrogen (secondary N) is 1. The van der Waals surface area contributed by atoms with Gasteiger partial charge in [0.15, 0.2) is 10.8 Å². The molecule has 2 aromatic heterocycles. The number of para-hydroxylation sites is 2. The molecule has 0 fully saturated rings. The molecule has 1 amide bonds. The molecule has 8 heteroatoms. The molecule has 0 radical (unpaired) electrons. The number of rotatable bonds is 6. The Morgan fingerprint density at radius 2 is 1.93 bits per heavy atom. The largest absolute Gasteiger partial charge is 0.496 e. The molecule has 7 nitrogen and oxygen atoms in total. The average Bonchev–Trinajstić information content (AvgIpc) is 3.14. The first-order chi connectivity index (χ1) is 14.1. The number of thioether (sulfide) groups is 1. The summed E-state index contributed by atoms with van der Waals surface area (Å²) in [5, 5.41) is 8.66. The Hall–Kier alpha value is -3.13. The lowest BCUT2D eigenvalue weighted by atomic mass is 10.2. The highest BCUT2D eigenvalue weighted by molar-refractivity contribution is 8.00. The van der Waals surface area contributed by atoms with Gasteiger partial charge in [0, 0.05) is 17.5 Å². The summed E-state index contributed by atoms with van der Waals surface area (Å²) in [5.41, 5.74) is 2.51. The van der Waals surface area contributed by atoms with Crippen LogP contribution in [0.2, 0.25) is 0 Å². The van der Waals surface area contributed by atoms with Crippen LogP contribution in [0.5, 0.6) is 5.75 Å². The zero-order valence-electron chi connectivity index (χ0n) is 16.4. The minimum Gasteiger partial charge on any atom is -0.496 e. The Morgan fingerprint density at radius 1 is 1.17 bits per heavy atom. The zero-order valence-corrected chi connectivity index (χ0v) is 17.2. The van der Waals surface area contributed by atoms with E-state index >= 15 is 0 Å². The molecular formula is C21H21N5O2S. The Balaban J connectivity index is 1.55. The molecule has 0 saturated heterocycles. The molecule has 1 N–H and O–H groups in total. The molecule has 0 saturated carbocycles. The summed E-state index contributed by atoms with van der Waals surface area (Å²) in [5.74, 6) is 1.34. The molecule has 2 heterocycles. The minimum absolute atomic E-state index is 0.0825. The quantitative estimate of drug-likeness (QED) is 0.390. The molecule has 0 bridgehead atoms. The van der Waals surface area contributed by atoms with Gasteiger partial charge in [0.25, 0.3) is 0 Å². The lowest BCUT2D eigenvalue weighted by Crippen LogP contribution is -2.30. The van der Waals surface area contributed by atoms with Crippen LogP contribution in [0.15, 0.2) is 53.7 Å². The molecule has 148 valence electrons. The highest BCUT2D eigenvalue weighted by Crippen LogP contribution is 2.27. The summed E-state index contributed by atoms with van der Waals surface area (Å²) in [6.07, 6.45) is 0. The van der Waals surface area contributed by atoms with E-state index in [4.69, 9.17) is 9.72 Å². The number of carbonyl (C=O) groups excluding carboxylic acids is 1. The molecule has 0 aliphatic carbocycles. The number of hydrogen-bond acceptors (Lipinski definition) is 6.